The van der Waals surface area contributed by atoms with Crippen LogP contribution in [0.2, 0.25) is 0 Å². The van der Waals surface area contributed by atoms with Gasteiger partial charge in [0.05, 0.1) is 13.7 Å². The van der Waals surface area contributed by atoms with Crippen LogP contribution >= 0.6 is 0 Å². The van der Waals surface area contributed by atoms with E-state index in [2.05, 4.69) is 19.2 Å². The predicted molar refractivity (Wildman–Crippen MR) is 98.4 cm³/mol. The summed E-state index contributed by atoms with van der Waals surface area (Å²) in [7, 11) is 1.61. The first-order chi connectivity index (χ1) is 12.0. The van der Waals surface area contributed by atoms with Crippen molar-refractivity contribution in [3.63, 3.8) is 0 Å². The van der Waals surface area contributed by atoms with Crippen LogP contribution in [0.1, 0.15) is 43.5 Å². The highest BCUT2D eigenvalue weighted by atomic mass is 16.5. The Labute approximate surface area is 150 Å². The number of methoxy groups -OCH3 is 1. The number of amides is 1. The maximum atomic E-state index is 12.9. The molecule has 5 nitrogen and oxygen atoms in total. The highest BCUT2D eigenvalue weighted by molar-refractivity contribution is 5.95. The van der Waals surface area contributed by atoms with Crippen molar-refractivity contribution < 1.29 is 14.3 Å². The second kappa shape index (κ2) is 7.65. The number of nitrogens with zero attached hydrogens (tertiary/aromatic N) is 1. The topological polar surface area (TPSA) is 50.8 Å². The molecule has 1 N–H and O–H groups in total. The number of benzene rings is 1. The van der Waals surface area contributed by atoms with Crippen molar-refractivity contribution >= 4 is 5.91 Å². The molecule has 2 aliphatic heterocycles. The lowest BCUT2D eigenvalue weighted by atomic mass is 9.78. The van der Waals surface area contributed by atoms with Crippen molar-refractivity contribution in [1.82, 2.24) is 10.2 Å². The molecule has 2 saturated heterocycles. The van der Waals surface area contributed by atoms with Crippen LogP contribution in [-0.4, -0.2) is 50.7 Å². The smallest absolute Gasteiger partial charge is 0.253 e. The van der Waals surface area contributed by atoms with E-state index in [4.69, 9.17) is 9.47 Å². The number of hydrogen-bond acceptors (Lipinski definition) is 4. The highest BCUT2D eigenvalue weighted by Crippen LogP contribution is 2.37. The van der Waals surface area contributed by atoms with Gasteiger partial charge in [0.2, 0.25) is 0 Å². The lowest BCUT2D eigenvalue weighted by Gasteiger charge is -2.39. The van der Waals surface area contributed by atoms with Gasteiger partial charge in [0.25, 0.3) is 5.91 Å². The molecule has 138 valence electrons. The molecule has 0 unspecified atom stereocenters. The van der Waals surface area contributed by atoms with E-state index in [0.717, 1.165) is 39.0 Å². The Bertz CT molecular complexity index is 599. The number of nitrogens with one attached hydrogen (secondary N) is 1. The Morgan fingerprint density at radius 3 is 2.60 bits per heavy atom. The molecular weight excluding hydrogens is 316 g/mol. The Hall–Kier alpha value is -1.75. The van der Waals surface area contributed by atoms with Gasteiger partial charge in [-0.3, -0.25) is 4.79 Å². The quantitative estimate of drug-likeness (QED) is 0.891. The monoisotopic (exact) mass is 346 g/mol. The summed E-state index contributed by atoms with van der Waals surface area (Å²) in [5.74, 6) is 1.86. The van der Waals surface area contributed by atoms with Crippen molar-refractivity contribution in [1.29, 1.82) is 0 Å². The van der Waals surface area contributed by atoms with Gasteiger partial charge in [0.15, 0.2) is 11.5 Å². The number of ether oxygens (including phenoxy) is 2. The number of carbonyl (C=O) groups excluding carboxylic acids is 1. The fraction of sp³-hybridized carbons (Fsp3) is 0.650. The van der Waals surface area contributed by atoms with E-state index in [9.17, 15) is 4.79 Å². The molecule has 0 radical (unpaired) electrons. The van der Waals surface area contributed by atoms with E-state index in [1.807, 2.05) is 17.0 Å². The van der Waals surface area contributed by atoms with E-state index < -0.39 is 0 Å². The third-order valence-corrected chi connectivity index (χ3v) is 5.43. The van der Waals surface area contributed by atoms with Gasteiger partial charge in [0.1, 0.15) is 0 Å². The number of likely N-dealkylation sites (tertiary alicyclic amines) is 1. The first-order valence-corrected chi connectivity index (χ1v) is 9.34. The van der Waals surface area contributed by atoms with E-state index in [-0.39, 0.29) is 5.91 Å². The summed E-state index contributed by atoms with van der Waals surface area (Å²) in [4.78, 5) is 14.8. The molecule has 0 bridgehead atoms. The molecule has 0 aliphatic carbocycles. The van der Waals surface area contributed by atoms with Crippen LogP contribution in [0.5, 0.6) is 11.5 Å². The zero-order chi connectivity index (χ0) is 17.9. The van der Waals surface area contributed by atoms with E-state index in [1.165, 1.54) is 6.42 Å². The molecule has 1 aromatic rings. The summed E-state index contributed by atoms with van der Waals surface area (Å²) in [6.07, 6.45) is 3.43. The molecule has 0 atom stereocenters. The molecule has 0 saturated carbocycles. The van der Waals surface area contributed by atoms with Crippen LogP contribution in [0.25, 0.3) is 0 Å². The van der Waals surface area contributed by atoms with Gasteiger partial charge in [-0.05, 0) is 55.3 Å². The number of hydrogen-bond donors (Lipinski definition) is 1. The lowest BCUT2D eigenvalue weighted by Crippen LogP contribution is -2.44. The van der Waals surface area contributed by atoms with Crippen LogP contribution in [0.4, 0.5) is 0 Å². The average molecular weight is 346 g/mol. The van der Waals surface area contributed by atoms with Gasteiger partial charge in [-0.25, -0.2) is 0 Å². The fourth-order valence-electron chi connectivity index (χ4n) is 3.77. The van der Waals surface area contributed by atoms with E-state index >= 15 is 0 Å². The standard InChI is InChI=1S/C20H30N2O3/c1-15(2)13-25-17-5-4-16(12-18(17)24-3)19(23)22-10-7-20(8-11-22)6-9-21-14-20/h4-5,12,15,21H,6-11,13-14H2,1-3H3. The fourth-order valence-corrected chi connectivity index (χ4v) is 3.77. The number of piperidine rings is 1. The molecule has 3 rings (SSSR count). The Kier molecular flexibility index (Phi) is 5.52. The maximum absolute atomic E-state index is 12.9. The van der Waals surface area contributed by atoms with Gasteiger partial charge < -0.3 is 19.7 Å². The molecule has 2 aliphatic rings. The zero-order valence-electron chi connectivity index (χ0n) is 15.6. The summed E-state index contributed by atoms with van der Waals surface area (Å²) in [5, 5.41) is 3.47. The van der Waals surface area contributed by atoms with Crippen molar-refractivity contribution in [2.24, 2.45) is 11.3 Å². The summed E-state index contributed by atoms with van der Waals surface area (Å²) in [5.41, 5.74) is 1.09. The molecule has 5 heteroatoms. The summed E-state index contributed by atoms with van der Waals surface area (Å²) < 4.78 is 11.2. The molecule has 1 amide bonds. The number of carbonyl (C=O) groups is 1. The summed E-state index contributed by atoms with van der Waals surface area (Å²) in [6, 6.07) is 5.50. The molecule has 2 fully saturated rings. The minimum atomic E-state index is 0.0921. The minimum absolute atomic E-state index is 0.0921. The lowest BCUT2D eigenvalue weighted by molar-refractivity contribution is 0.0607. The number of rotatable bonds is 5. The molecule has 1 aromatic carbocycles. The maximum Gasteiger partial charge on any atom is 0.253 e. The van der Waals surface area contributed by atoms with Crippen LogP contribution in [0.15, 0.2) is 18.2 Å². The zero-order valence-corrected chi connectivity index (χ0v) is 15.6. The Balaban J connectivity index is 1.65. The van der Waals surface area contributed by atoms with Crippen LogP contribution in [0, 0.1) is 11.3 Å². The van der Waals surface area contributed by atoms with E-state index in [0.29, 0.717) is 35.0 Å². The van der Waals surface area contributed by atoms with Crippen molar-refractivity contribution in [2.45, 2.75) is 33.1 Å². The average Bonchev–Trinajstić information content (AvgIpc) is 3.08. The highest BCUT2D eigenvalue weighted by Gasteiger charge is 2.38. The third kappa shape index (κ3) is 4.09. The Morgan fingerprint density at radius 1 is 1.24 bits per heavy atom. The molecule has 2 heterocycles. The van der Waals surface area contributed by atoms with Crippen molar-refractivity contribution in [2.75, 3.05) is 39.9 Å². The second-order valence-corrected chi connectivity index (χ2v) is 7.79. The molecule has 25 heavy (non-hydrogen) atoms. The van der Waals surface area contributed by atoms with Crippen LogP contribution in [-0.2, 0) is 0 Å². The summed E-state index contributed by atoms with van der Waals surface area (Å²) >= 11 is 0. The van der Waals surface area contributed by atoms with Crippen molar-refractivity contribution in [3.8, 4) is 11.5 Å². The van der Waals surface area contributed by atoms with Crippen molar-refractivity contribution in [3.05, 3.63) is 23.8 Å². The molecule has 1 spiro atoms. The normalized spacial score (nSPS) is 19.4. The third-order valence-electron chi connectivity index (χ3n) is 5.43. The first kappa shape index (κ1) is 18.1. The van der Waals surface area contributed by atoms with Crippen LogP contribution < -0.4 is 14.8 Å². The van der Waals surface area contributed by atoms with Gasteiger partial charge in [-0.1, -0.05) is 13.8 Å². The first-order valence-electron chi connectivity index (χ1n) is 9.34. The minimum Gasteiger partial charge on any atom is -0.493 e. The van der Waals surface area contributed by atoms with Gasteiger partial charge in [-0.2, -0.15) is 0 Å². The summed E-state index contributed by atoms with van der Waals surface area (Å²) in [6.45, 7) is 8.74. The predicted octanol–water partition coefficient (Wildman–Crippen LogP) is 2.95. The molecule has 0 aromatic heterocycles. The SMILES string of the molecule is COc1cc(C(=O)N2CCC3(CCNC3)CC2)ccc1OCC(C)C. The Morgan fingerprint density at radius 2 is 2.00 bits per heavy atom. The van der Waals surface area contributed by atoms with Gasteiger partial charge in [-0.15, -0.1) is 0 Å². The largest absolute Gasteiger partial charge is 0.493 e. The van der Waals surface area contributed by atoms with Crippen LogP contribution in [0.3, 0.4) is 0 Å². The van der Waals surface area contributed by atoms with E-state index in [1.54, 1.807) is 13.2 Å². The van der Waals surface area contributed by atoms with Gasteiger partial charge in [0, 0.05) is 25.2 Å². The van der Waals surface area contributed by atoms with Gasteiger partial charge >= 0.3 is 0 Å². The molecular formula is C20H30N2O3. The second-order valence-electron chi connectivity index (χ2n) is 7.79.